The van der Waals surface area contributed by atoms with Gasteiger partial charge in [-0.1, -0.05) is 24.3 Å². The molecule has 0 saturated carbocycles. The standard InChI is InChI=1S/C30H33FN4O4S/c31-24-9-7-21(8-10-24)17-32-34-30(39)27-16-25(35-13-2-1-3-14-35)11-12-28(27)33-29(38)23-6-4-5-22(15-23)19-40-20-26(37)18-36/h4-12,15-17,26,36-37H,1-3,13-14,18-20H2,(H,33,38)(H,34,39)/b32-17+. The molecular weight excluding hydrogens is 531 g/mol. The molecule has 4 rings (SSSR count). The molecule has 1 aliphatic rings. The number of hydrazone groups is 1. The average Bonchev–Trinajstić information content (AvgIpc) is 2.98. The number of aliphatic hydroxyl groups is 2. The van der Waals surface area contributed by atoms with Crippen molar-refractivity contribution < 1.29 is 24.2 Å². The zero-order chi connectivity index (χ0) is 28.3. The molecular formula is C30H33FN4O4S. The van der Waals surface area contributed by atoms with Crippen molar-refractivity contribution in [2.24, 2.45) is 5.10 Å². The quantitative estimate of drug-likeness (QED) is 0.203. The maximum atomic E-state index is 13.2. The lowest BCUT2D eigenvalue weighted by atomic mass is 10.1. The Bertz CT molecular complexity index is 1330. The number of halogens is 1. The van der Waals surface area contributed by atoms with Crippen molar-refractivity contribution in [1.29, 1.82) is 0 Å². The molecule has 2 amide bonds. The third-order valence-electron chi connectivity index (χ3n) is 6.45. The van der Waals surface area contributed by atoms with Crippen molar-refractivity contribution in [2.75, 3.05) is 35.7 Å². The highest BCUT2D eigenvalue weighted by atomic mass is 32.2. The van der Waals surface area contributed by atoms with Gasteiger partial charge in [-0.3, -0.25) is 9.59 Å². The second-order valence-electron chi connectivity index (χ2n) is 9.53. The highest BCUT2D eigenvalue weighted by Gasteiger charge is 2.19. The fraction of sp³-hybridized carbons (Fsp3) is 0.300. The number of thioether (sulfide) groups is 1. The lowest BCUT2D eigenvalue weighted by Crippen LogP contribution is -2.30. The third kappa shape index (κ3) is 8.38. The molecule has 4 N–H and O–H groups in total. The van der Waals surface area contributed by atoms with Crippen LogP contribution in [0.2, 0.25) is 0 Å². The Kier molecular flexibility index (Phi) is 10.7. The Labute approximate surface area is 237 Å². The first-order valence-corrected chi connectivity index (χ1v) is 14.3. The van der Waals surface area contributed by atoms with E-state index < -0.39 is 12.0 Å². The monoisotopic (exact) mass is 564 g/mol. The summed E-state index contributed by atoms with van der Waals surface area (Å²) in [5, 5.41) is 25.4. The summed E-state index contributed by atoms with van der Waals surface area (Å²) in [6, 6.07) is 18.3. The number of aliphatic hydroxyl groups excluding tert-OH is 2. The normalized spacial score (nSPS) is 14.2. The number of benzene rings is 3. The minimum absolute atomic E-state index is 0.275. The average molecular weight is 565 g/mol. The molecule has 1 aliphatic heterocycles. The van der Waals surface area contributed by atoms with Gasteiger partial charge in [0.15, 0.2) is 0 Å². The number of nitrogens with one attached hydrogen (secondary N) is 2. The summed E-state index contributed by atoms with van der Waals surface area (Å²) in [7, 11) is 0. The van der Waals surface area contributed by atoms with Crippen molar-refractivity contribution in [2.45, 2.75) is 31.1 Å². The second kappa shape index (κ2) is 14.6. The molecule has 0 spiro atoms. The van der Waals surface area contributed by atoms with Crippen molar-refractivity contribution in [1.82, 2.24) is 5.43 Å². The first kappa shape index (κ1) is 29.3. The van der Waals surface area contributed by atoms with Gasteiger partial charge >= 0.3 is 0 Å². The smallest absolute Gasteiger partial charge is 0.273 e. The first-order valence-electron chi connectivity index (χ1n) is 13.2. The Balaban J connectivity index is 1.51. The number of carbonyl (C=O) groups is 2. The van der Waals surface area contributed by atoms with Gasteiger partial charge in [-0.15, -0.1) is 0 Å². The number of hydrogen-bond donors (Lipinski definition) is 4. The van der Waals surface area contributed by atoms with Crippen LogP contribution >= 0.6 is 11.8 Å². The van der Waals surface area contributed by atoms with Gasteiger partial charge in [0.1, 0.15) is 5.82 Å². The van der Waals surface area contributed by atoms with Crippen molar-refractivity contribution in [3.63, 3.8) is 0 Å². The SMILES string of the molecule is O=C(Nc1ccc(N2CCCCC2)cc1C(=O)N/N=C/c1ccc(F)cc1)c1cccc(CSCC(O)CO)c1. The number of piperidine rings is 1. The molecule has 1 unspecified atom stereocenters. The fourth-order valence-electron chi connectivity index (χ4n) is 4.31. The fourth-order valence-corrected chi connectivity index (χ4v) is 5.23. The summed E-state index contributed by atoms with van der Waals surface area (Å²) in [6.07, 6.45) is 3.97. The Morgan fingerprint density at radius 2 is 1.80 bits per heavy atom. The summed E-state index contributed by atoms with van der Waals surface area (Å²) in [4.78, 5) is 28.6. The van der Waals surface area contributed by atoms with Crippen molar-refractivity contribution >= 4 is 41.2 Å². The molecule has 0 aromatic heterocycles. The topological polar surface area (TPSA) is 114 Å². The first-order chi connectivity index (χ1) is 19.4. The van der Waals surface area contributed by atoms with E-state index in [9.17, 15) is 19.1 Å². The van der Waals surface area contributed by atoms with Crippen LogP contribution in [0.1, 0.15) is 51.1 Å². The van der Waals surface area contributed by atoms with Crippen LogP contribution in [0.4, 0.5) is 15.8 Å². The van der Waals surface area contributed by atoms with Gasteiger partial charge in [-0.2, -0.15) is 16.9 Å². The Morgan fingerprint density at radius 1 is 1.02 bits per heavy atom. The van der Waals surface area contributed by atoms with Crippen molar-refractivity contribution in [3.8, 4) is 0 Å². The summed E-state index contributed by atoms with van der Waals surface area (Å²) >= 11 is 1.46. The van der Waals surface area contributed by atoms with E-state index in [1.54, 1.807) is 42.5 Å². The highest BCUT2D eigenvalue weighted by molar-refractivity contribution is 7.98. The van der Waals surface area contributed by atoms with Gasteiger partial charge in [-0.05, 0) is 72.9 Å². The summed E-state index contributed by atoms with van der Waals surface area (Å²) in [6.45, 7) is 1.50. The van der Waals surface area contributed by atoms with E-state index >= 15 is 0 Å². The molecule has 0 aliphatic carbocycles. The van der Waals surface area contributed by atoms with E-state index in [0.29, 0.717) is 28.3 Å². The maximum Gasteiger partial charge on any atom is 0.273 e. The van der Waals surface area contributed by atoms with Gasteiger partial charge in [0, 0.05) is 35.8 Å². The molecule has 3 aromatic rings. The lowest BCUT2D eigenvalue weighted by Gasteiger charge is -2.29. The van der Waals surface area contributed by atoms with E-state index in [1.807, 2.05) is 12.1 Å². The number of hydrogen-bond acceptors (Lipinski definition) is 7. The van der Waals surface area contributed by atoms with E-state index in [4.69, 9.17) is 5.11 Å². The predicted molar refractivity (Wildman–Crippen MR) is 158 cm³/mol. The summed E-state index contributed by atoms with van der Waals surface area (Å²) in [5.41, 5.74) is 6.00. The minimum atomic E-state index is -0.783. The second-order valence-corrected chi connectivity index (χ2v) is 10.6. The number of amides is 2. The molecule has 3 aromatic carbocycles. The van der Waals surface area contributed by atoms with E-state index in [1.165, 1.54) is 36.5 Å². The van der Waals surface area contributed by atoms with Crippen LogP contribution in [0.15, 0.2) is 71.8 Å². The van der Waals surface area contributed by atoms with Gasteiger partial charge in [0.2, 0.25) is 0 Å². The van der Waals surface area contributed by atoms with Crippen molar-refractivity contribution in [3.05, 3.63) is 94.8 Å². The molecule has 210 valence electrons. The zero-order valence-corrected chi connectivity index (χ0v) is 22.9. The zero-order valence-electron chi connectivity index (χ0n) is 22.1. The van der Waals surface area contributed by atoms with Crippen LogP contribution in [0, 0.1) is 5.82 Å². The lowest BCUT2D eigenvalue weighted by molar-refractivity contribution is 0.0956. The van der Waals surface area contributed by atoms with Gasteiger partial charge < -0.3 is 20.4 Å². The van der Waals surface area contributed by atoms with E-state index in [0.717, 1.165) is 37.2 Å². The molecule has 1 atom stereocenters. The van der Waals surface area contributed by atoms with E-state index in [-0.39, 0.29) is 23.9 Å². The summed E-state index contributed by atoms with van der Waals surface area (Å²) < 4.78 is 13.2. The molecule has 1 fully saturated rings. The Morgan fingerprint density at radius 3 is 2.55 bits per heavy atom. The van der Waals surface area contributed by atoms with Gasteiger partial charge in [0.25, 0.3) is 11.8 Å². The van der Waals surface area contributed by atoms with Crippen LogP contribution < -0.4 is 15.6 Å². The molecule has 10 heteroatoms. The third-order valence-corrected chi connectivity index (χ3v) is 7.60. The molecule has 1 saturated heterocycles. The molecule has 0 bridgehead atoms. The predicted octanol–water partition coefficient (Wildman–Crippen LogP) is 4.42. The van der Waals surface area contributed by atoms with Crippen LogP contribution in [0.5, 0.6) is 0 Å². The van der Waals surface area contributed by atoms with E-state index in [2.05, 4.69) is 20.7 Å². The molecule has 8 nitrogen and oxygen atoms in total. The van der Waals surface area contributed by atoms with Crippen LogP contribution in [-0.2, 0) is 5.75 Å². The minimum Gasteiger partial charge on any atom is -0.394 e. The van der Waals surface area contributed by atoms with Crippen LogP contribution in [0.3, 0.4) is 0 Å². The Hall–Kier alpha value is -3.73. The van der Waals surface area contributed by atoms with Gasteiger partial charge in [-0.25, -0.2) is 9.82 Å². The largest absolute Gasteiger partial charge is 0.394 e. The molecule has 40 heavy (non-hydrogen) atoms. The maximum absolute atomic E-state index is 13.2. The van der Waals surface area contributed by atoms with Crippen LogP contribution in [-0.4, -0.2) is 59.8 Å². The highest BCUT2D eigenvalue weighted by Crippen LogP contribution is 2.27. The summed E-state index contributed by atoms with van der Waals surface area (Å²) in [5.74, 6) is -0.251. The number of rotatable bonds is 11. The van der Waals surface area contributed by atoms with Crippen LogP contribution in [0.25, 0.3) is 0 Å². The van der Waals surface area contributed by atoms with Gasteiger partial charge in [0.05, 0.1) is 30.2 Å². The number of anilines is 2. The number of carbonyl (C=O) groups excluding carboxylic acids is 2. The molecule has 0 radical (unpaired) electrons. The number of nitrogens with zero attached hydrogens (tertiary/aromatic N) is 2. The molecule has 1 heterocycles.